The lowest BCUT2D eigenvalue weighted by Crippen LogP contribution is -2.43. The molecule has 0 aromatic heterocycles. The normalized spacial score (nSPS) is 14.9. The minimum absolute atomic E-state index is 0.144. The standard InChI is InChI=1S/C28H40N4O5S/c1-19-14-25(37-7)15-20(2)28(19)38(35,36)31(5)18-26(33)29-17-27(34)32(6)21(3)23-9-8-22-10-12-30(4)13-11-24(22)16-23/h8-9,14-16,21H,10-13,17-18H2,1-7H3,(H,29,33). The first-order chi connectivity index (χ1) is 17.8. The molecule has 1 unspecified atom stereocenters. The number of ether oxygens (including phenoxy) is 1. The number of fused-ring (bicyclic) bond motifs is 1. The van der Waals surface area contributed by atoms with E-state index in [4.69, 9.17) is 4.74 Å². The zero-order valence-electron chi connectivity index (χ0n) is 23.5. The predicted octanol–water partition coefficient (Wildman–Crippen LogP) is 2.30. The first-order valence-corrected chi connectivity index (χ1v) is 14.2. The van der Waals surface area contributed by atoms with E-state index in [0.29, 0.717) is 16.9 Å². The number of nitrogens with zero attached hydrogens (tertiary/aromatic N) is 3. The van der Waals surface area contributed by atoms with Crippen LogP contribution in [-0.2, 0) is 32.5 Å². The van der Waals surface area contributed by atoms with Gasteiger partial charge in [-0.2, -0.15) is 4.31 Å². The number of benzene rings is 2. The van der Waals surface area contributed by atoms with E-state index in [0.717, 1.165) is 35.8 Å². The van der Waals surface area contributed by atoms with E-state index in [-0.39, 0.29) is 23.4 Å². The number of amides is 2. The van der Waals surface area contributed by atoms with Crippen molar-refractivity contribution in [1.82, 2.24) is 19.4 Å². The zero-order valence-corrected chi connectivity index (χ0v) is 24.3. The molecule has 9 nitrogen and oxygen atoms in total. The Hall–Kier alpha value is -2.95. The van der Waals surface area contributed by atoms with Crippen LogP contribution in [0.25, 0.3) is 0 Å². The van der Waals surface area contributed by atoms with Gasteiger partial charge in [0.15, 0.2) is 0 Å². The van der Waals surface area contributed by atoms with Crippen LogP contribution in [-0.4, -0.2) is 88.8 Å². The number of likely N-dealkylation sites (N-methyl/N-ethyl adjacent to an activating group) is 3. The number of aryl methyl sites for hydroxylation is 2. The number of carbonyl (C=O) groups excluding carboxylic acids is 2. The Labute approximate surface area is 226 Å². The lowest BCUT2D eigenvalue weighted by Gasteiger charge is -2.26. The molecule has 1 aliphatic rings. The van der Waals surface area contributed by atoms with E-state index in [1.807, 2.05) is 6.92 Å². The summed E-state index contributed by atoms with van der Waals surface area (Å²) in [6, 6.07) is 9.53. The fourth-order valence-corrected chi connectivity index (χ4v) is 6.32. The van der Waals surface area contributed by atoms with Gasteiger partial charge in [-0.25, -0.2) is 8.42 Å². The number of nitrogens with one attached hydrogen (secondary N) is 1. The smallest absolute Gasteiger partial charge is 0.243 e. The molecular formula is C28H40N4O5S. The summed E-state index contributed by atoms with van der Waals surface area (Å²) < 4.78 is 32.5. The van der Waals surface area contributed by atoms with Crippen LogP contribution in [0, 0.1) is 13.8 Å². The average Bonchev–Trinajstić information content (AvgIpc) is 3.06. The topological polar surface area (TPSA) is 99.3 Å². The third kappa shape index (κ3) is 6.73. The maximum Gasteiger partial charge on any atom is 0.243 e. The van der Waals surface area contributed by atoms with Crippen molar-refractivity contribution in [2.75, 3.05) is 54.4 Å². The summed E-state index contributed by atoms with van der Waals surface area (Å²) in [4.78, 5) is 29.5. The molecular weight excluding hydrogens is 504 g/mol. The molecule has 1 N–H and O–H groups in total. The van der Waals surface area contributed by atoms with Crippen molar-refractivity contribution in [3.63, 3.8) is 0 Å². The van der Waals surface area contributed by atoms with Crippen molar-refractivity contribution >= 4 is 21.8 Å². The molecule has 0 fully saturated rings. The molecule has 0 saturated carbocycles. The van der Waals surface area contributed by atoms with E-state index in [1.165, 1.54) is 25.3 Å². The highest BCUT2D eigenvalue weighted by Crippen LogP contribution is 2.28. The molecule has 1 heterocycles. The summed E-state index contributed by atoms with van der Waals surface area (Å²) in [7, 11) is 2.79. The van der Waals surface area contributed by atoms with Crippen molar-refractivity contribution < 1.29 is 22.7 Å². The van der Waals surface area contributed by atoms with Crippen LogP contribution in [0.15, 0.2) is 35.2 Å². The molecule has 1 aliphatic heterocycles. The largest absolute Gasteiger partial charge is 0.497 e. The van der Waals surface area contributed by atoms with Gasteiger partial charge >= 0.3 is 0 Å². The van der Waals surface area contributed by atoms with E-state index in [2.05, 4.69) is 35.5 Å². The summed E-state index contributed by atoms with van der Waals surface area (Å²) in [6.07, 6.45) is 2.00. The second-order valence-electron chi connectivity index (χ2n) is 10.1. The molecule has 0 spiro atoms. The van der Waals surface area contributed by atoms with Crippen molar-refractivity contribution in [3.05, 3.63) is 58.1 Å². The number of hydrogen-bond acceptors (Lipinski definition) is 6. The Balaban J connectivity index is 1.59. The van der Waals surface area contributed by atoms with Crippen LogP contribution in [0.5, 0.6) is 5.75 Å². The van der Waals surface area contributed by atoms with Gasteiger partial charge in [0.1, 0.15) is 5.75 Å². The number of methoxy groups -OCH3 is 1. The third-order valence-corrected chi connectivity index (χ3v) is 9.46. The first-order valence-electron chi connectivity index (χ1n) is 12.8. The predicted molar refractivity (Wildman–Crippen MR) is 148 cm³/mol. The maximum atomic E-state index is 13.2. The highest BCUT2D eigenvalue weighted by atomic mass is 32.2. The second kappa shape index (κ2) is 12.3. The summed E-state index contributed by atoms with van der Waals surface area (Å²) >= 11 is 0. The van der Waals surface area contributed by atoms with Crippen LogP contribution < -0.4 is 10.1 Å². The number of hydrogen-bond donors (Lipinski definition) is 1. The van der Waals surface area contributed by atoms with Crippen LogP contribution in [0.3, 0.4) is 0 Å². The Morgan fingerprint density at radius 2 is 1.66 bits per heavy atom. The molecule has 0 aliphatic carbocycles. The summed E-state index contributed by atoms with van der Waals surface area (Å²) in [5, 5.41) is 2.57. The van der Waals surface area contributed by atoms with Crippen molar-refractivity contribution in [2.24, 2.45) is 0 Å². The van der Waals surface area contributed by atoms with E-state index in [1.54, 1.807) is 37.9 Å². The van der Waals surface area contributed by atoms with Crippen LogP contribution in [0.4, 0.5) is 0 Å². The first kappa shape index (κ1) is 29.6. The lowest BCUT2D eigenvalue weighted by atomic mass is 9.97. The van der Waals surface area contributed by atoms with Gasteiger partial charge in [-0.05, 0) is 80.6 Å². The lowest BCUT2D eigenvalue weighted by molar-refractivity contribution is -0.133. The molecule has 0 radical (unpaired) electrons. The van der Waals surface area contributed by atoms with Crippen LogP contribution in [0.2, 0.25) is 0 Å². The quantitative estimate of drug-likeness (QED) is 0.520. The molecule has 208 valence electrons. The summed E-state index contributed by atoms with van der Waals surface area (Å²) in [6.45, 7) is 6.76. The summed E-state index contributed by atoms with van der Waals surface area (Å²) in [5.74, 6) is -0.244. The Bertz CT molecular complexity index is 1270. The minimum atomic E-state index is -3.92. The van der Waals surface area contributed by atoms with Gasteiger partial charge in [0.05, 0.1) is 31.1 Å². The van der Waals surface area contributed by atoms with Gasteiger partial charge in [-0.1, -0.05) is 18.2 Å². The van der Waals surface area contributed by atoms with Gasteiger partial charge in [-0.3, -0.25) is 9.59 Å². The van der Waals surface area contributed by atoms with Gasteiger partial charge in [0.2, 0.25) is 21.8 Å². The van der Waals surface area contributed by atoms with Gasteiger partial charge in [-0.15, -0.1) is 0 Å². The zero-order chi connectivity index (χ0) is 28.2. The van der Waals surface area contributed by atoms with Crippen LogP contribution >= 0.6 is 0 Å². The monoisotopic (exact) mass is 544 g/mol. The van der Waals surface area contributed by atoms with Gasteiger partial charge in [0.25, 0.3) is 0 Å². The van der Waals surface area contributed by atoms with Crippen molar-refractivity contribution in [2.45, 2.75) is 44.6 Å². The number of rotatable bonds is 9. The number of carbonyl (C=O) groups is 2. The number of sulfonamides is 1. The van der Waals surface area contributed by atoms with E-state index in [9.17, 15) is 18.0 Å². The SMILES string of the molecule is COc1cc(C)c(S(=O)(=O)N(C)CC(=O)NCC(=O)N(C)C(C)c2ccc3c(c2)CCN(C)CC3)c(C)c1. The highest BCUT2D eigenvalue weighted by molar-refractivity contribution is 7.89. The molecule has 2 aromatic carbocycles. The Morgan fingerprint density at radius 3 is 2.26 bits per heavy atom. The van der Waals surface area contributed by atoms with Crippen LogP contribution in [0.1, 0.15) is 40.8 Å². The van der Waals surface area contributed by atoms with E-state index >= 15 is 0 Å². The Kier molecular flexibility index (Phi) is 9.56. The Morgan fingerprint density at radius 1 is 1.05 bits per heavy atom. The average molecular weight is 545 g/mol. The molecule has 10 heteroatoms. The molecule has 0 bridgehead atoms. The van der Waals surface area contributed by atoms with E-state index < -0.39 is 22.5 Å². The van der Waals surface area contributed by atoms with Crippen molar-refractivity contribution in [1.29, 1.82) is 0 Å². The van der Waals surface area contributed by atoms with Gasteiger partial charge < -0.3 is 19.9 Å². The minimum Gasteiger partial charge on any atom is -0.497 e. The molecule has 0 saturated heterocycles. The fourth-order valence-electron chi connectivity index (χ4n) is 4.79. The fraction of sp³-hybridized carbons (Fsp3) is 0.500. The van der Waals surface area contributed by atoms with Crippen molar-refractivity contribution in [3.8, 4) is 5.75 Å². The molecule has 2 amide bonds. The summed E-state index contributed by atoms with van der Waals surface area (Å²) in [5.41, 5.74) is 4.78. The molecule has 38 heavy (non-hydrogen) atoms. The maximum absolute atomic E-state index is 13.2. The second-order valence-corrected chi connectivity index (χ2v) is 12.1. The molecule has 3 rings (SSSR count). The molecule has 2 aromatic rings. The third-order valence-electron chi connectivity index (χ3n) is 7.35. The van der Waals surface area contributed by atoms with Gasteiger partial charge in [0, 0.05) is 27.2 Å². The molecule has 1 atom stereocenters. The highest BCUT2D eigenvalue weighted by Gasteiger charge is 2.27.